The molecule has 0 bridgehead atoms. The fourth-order valence-electron chi connectivity index (χ4n) is 4.60. The zero-order valence-electron chi connectivity index (χ0n) is 16.3. The molecule has 2 heterocycles. The van der Waals surface area contributed by atoms with Crippen LogP contribution in [0.15, 0.2) is 12.1 Å². The number of carbonyl (C=O) groups is 1. The second kappa shape index (κ2) is 8.53. The maximum absolute atomic E-state index is 12.9. The van der Waals surface area contributed by atoms with Gasteiger partial charge in [0.05, 0.1) is 22.9 Å². The van der Waals surface area contributed by atoms with Crippen LogP contribution in [0.3, 0.4) is 0 Å². The molecule has 2 aliphatic rings. The van der Waals surface area contributed by atoms with Gasteiger partial charge < -0.3 is 15.8 Å². The molecule has 0 unspecified atom stereocenters. The lowest BCUT2D eigenvalue weighted by Gasteiger charge is -2.32. The maximum atomic E-state index is 12.9. The van der Waals surface area contributed by atoms with Gasteiger partial charge in [0.25, 0.3) is 5.91 Å². The van der Waals surface area contributed by atoms with Crippen molar-refractivity contribution in [1.29, 1.82) is 0 Å². The normalized spacial score (nSPS) is 18.8. The molecule has 2 aliphatic heterocycles. The summed E-state index contributed by atoms with van der Waals surface area (Å²) < 4.78 is 5.77. The molecule has 0 aromatic heterocycles. The van der Waals surface area contributed by atoms with Crippen molar-refractivity contribution in [2.75, 3.05) is 32.0 Å². The molecule has 148 valence electrons. The van der Waals surface area contributed by atoms with Gasteiger partial charge in [-0.2, -0.15) is 0 Å². The lowest BCUT2D eigenvalue weighted by Crippen LogP contribution is -2.41. The number of halogens is 1. The lowest BCUT2D eigenvalue weighted by molar-refractivity contribution is 0.0939. The van der Waals surface area contributed by atoms with Gasteiger partial charge in [-0.1, -0.05) is 23.8 Å². The van der Waals surface area contributed by atoms with Gasteiger partial charge in [0.1, 0.15) is 5.75 Å². The van der Waals surface area contributed by atoms with Crippen LogP contribution in [0.1, 0.15) is 61.9 Å². The van der Waals surface area contributed by atoms with E-state index in [-0.39, 0.29) is 5.91 Å². The molecule has 0 aliphatic carbocycles. The van der Waals surface area contributed by atoms with E-state index >= 15 is 0 Å². The van der Waals surface area contributed by atoms with E-state index in [9.17, 15) is 4.79 Å². The molecular formula is C21H30ClN3O2. The molecule has 1 amide bonds. The first-order chi connectivity index (χ1) is 13.0. The zero-order chi connectivity index (χ0) is 19.4. The Balaban J connectivity index is 1.76. The summed E-state index contributed by atoms with van der Waals surface area (Å²) in [6.07, 6.45) is 9.70. The van der Waals surface area contributed by atoms with Crippen LogP contribution in [0.5, 0.6) is 5.75 Å². The number of hydrogen-bond acceptors (Lipinski definition) is 4. The van der Waals surface area contributed by atoms with Crippen molar-refractivity contribution in [1.82, 2.24) is 10.2 Å². The maximum Gasteiger partial charge on any atom is 0.255 e. The van der Waals surface area contributed by atoms with Crippen molar-refractivity contribution in [3.8, 4) is 5.75 Å². The van der Waals surface area contributed by atoms with Gasteiger partial charge in [-0.05, 0) is 65.1 Å². The first-order valence-corrected chi connectivity index (χ1v) is 10.3. The molecule has 0 radical (unpaired) electrons. The molecule has 6 heteroatoms. The predicted molar refractivity (Wildman–Crippen MR) is 111 cm³/mol. The van der Waals surface area contributed by atoms with E-state index in [4.69, 9.17) is 22.1 Å². The van der Waals surface area contributed by atoms with Gasteiger partial charge in [0.2, 0.25) is 0 Å². The highest BCUT2D eigenvalue weighted by Gasteiger charge is 2.43. The largest absolute Gasteiger partial charge is 0.492 e. The summed E-state index contributed by atoms with van der Waals surface area (Å²) in [5.41, 5.74) is 7.94. The third kappa shape index (κ3) is 3.94. The summed E-state index contributed by atoms with van der Waals surface area (Å²) >= 11 is 6.28. The molecule has 27 heavy (non-hydrogen) atoms. The van der Waals surface area contributed by atoms with Crippen molar-refractivity contribution in [2.45, 2.75) is 51.5 Å². The summed E-state index contributed by atoms with van der Waals surface area (Å²) in [6, 6.07) is 1.61. The number of nitrogen functional groups attached to an aromatic ring is 1. The minimum Gasteiger partial charge on any atom is -0.492 e. The molecular weight excluding hydrogens is 362 g/mol. The van der Waals surface area contributed by atoms with E-state index in [1.54, 1.807) is 6.07 Å². The topological polar surface area (TPSA) is 67.6 Å². The minimum atomic E-state index is -0.162. The molecule has 0 saturated carbocycles. The predicted octanol–water partition coefficient (Wildman–Crippen LogP) is 4.10. The highest BCUT2D eigenvalue weighted by atomic mass is 35.5. The number of allylic oxidation sites excluding steroid dienone is 1. The van der Waals surface area contributed by atoms with Crippen molar-refractivity contribution >= 4 is 29.3 Å². The van der Waals surface area contributed by atoms with Gasteiger partial charge >= 0.3 is 0 Å². The molecule has 1 aromatic rings. The van der Waals surface area contributed by atoms with Crippen LogP contribution in [0.4, 0.5) is 5.69 Å². The van der Waals surface area contributed by atoms with Crippen LogP contribution >= 0.6 is 11.6 Å². The minimum absolute atomic E-state index is 0.162. The third-order valence-electron chi connectivity index (χ3n) is 5.86. The Hall–Kier alpha value is -1.72. The Bertz CT molecular complexity index is 723. The van der Waals surface area contributed by atoms with Gasteiger partial charge in [-0.15, -0.1) is 0 Å². The number of nitrogens with zero attached hydrogens (tertiary/aromatic N) is 1. The van der Waals surface area contributed by atoms with Gasteiger partial charge in [0.15, 0.2) is 0 Å². The van der Waals surface area contributed by atoms with Crippen molar-refractivity contribution in [2.24, 2.45) is 0 Å². The SMILES string of the molecule is CC=Cc1c(N)c(Cl)cc(C(=O)NCCC23CCCN2CCC3)c1OCC. The first-order valence-electron chi connectivity index (χ1n) is 9.93. The number of nitrogens with two attached hydrogens (primary N) is 1. The summed E-state index contributed by atoms with van der Waals surface area (Å²) in [6.45, 7) is 7.28. The van der Waals surface area contributed by atoms with Crippen LogP contribution in [-0.4, -0.2) is 42.6 Å². The number of anilines is 1. The van der Waals surface area contributed by atoms with Crippen molar-refractivity contribution in [3.63, 3.8) is 0 Å². The molecule has 5 nitrogen and oxygen atoms in total. The van der Waals surface area contributed by atoms with Crippen molar-refractivity contribution in [3.05, 3.63) is 28.3 Å². The highest BCUT2D eigenvalue weighted by molar-refractivity contribution is 6.34. The summed E-state index contributed by atoms with van der Waals surface area (Å²) in [5, 5.41) is 3.45. The highest BCUT2D eigenvalue weighted by Crippen LogP contribution is 2.41. The monoisotopic (exact) mass is 391 g/mol. The Morgan fingerprint density at radius 2 is 2.11 bits per heavy atom. The van der Waals surface area contributed by atoms with E-state index in [0.29, 0.717) is 46.3 Å². The van der Waals surface area contributed by atoms with Gasteiger partial charge in [-0.3, -0.25) is 9.69 Å². The van der Waals surface area contributed by atoms with Gasteiger partial charge in [0, 0.05) is 17.6 Å². The summed E-state index contributed by atoms with van der Waals surface area (Å²) in [4.78, 5) is 15.5. The molecule has 2 fully saturated rings. The van der Waals surface area contributed by atoms with E-state index in [1.165, 1.54) is 38.8 Å². The molecule has 3 rings (SSSR count). The first kappa shape index (κ1) is 20.0. The third-order valence-corrected chi connectivity index (χ3v) is 6.17. The molecule has 3 N–H and O–H groups in total. The number of ether oxygens (including phenoxy) is 1. The Morgan fingerprint density at radius 3 is 2.74 bits per heavy atom. The molecule has 2 saturated heterocycles. The molecule has 0 atom stereocenters. The van der Waals surface area contributed by atoms with Gasteiger partial charge in [-0.25, -0.2) is 0 Å². The number of nitrogens with one attached hydrogen (secondary N) is 1. The zero-order valence-corrected chi connectivity index (χ0v) is 17.1. The number of rotatable bonds is 7. The van der Waals surface area contributed by atoms with E-state index in [0.717, 1.165) is 6.42 Å². The number of amides is 1. The second-order valence-corrected chi connectivity index (χ2v) is 7.83. The smallest absolute Gasteiger partial charge is 0.255 e. The van der Waals surface area contributed by atoms with Crippen LogP contribution in [0.2, 0.25) is 5.02 Å². The van der Waals surface area contributed by atoms with Crippen LogP contribution in [0, 0.1) is 0 Å². The second-order valence-electron chi connectivity index (χ2n) is 7.42. The van der Waals surface area contributed by atoms with Crippen LogP contribution in [-0.2, 0) is 0 Å². The van der Waals surface area contributed by atoms with Crippen molar-refractivity contribution < 1.29 is 9.53 Å². The number of fused-ring (bicyclic) bond motifs is 1. The number of benzene rings is 1. The summed E-state index contributed by atoms with van der Waals surface area (Å²) in [7, 11) is 0. The Kier molecular flexibility index (Phi) is 6.33. The average molecular weight is 392 g/mol. The lowest BCUT2D eigenvalue weighted by atomic mass is 9.90. The quantitative estimate of drug-likeness (QED) is 0.686. The van der Waals surface area contributed by atoms with E-state index in [2.05, 4.69) is 10.2 Å². The number of hydrogen-bond donors (Lipinski definition) is 2. The molecule has 1 aromatic carbocycles. The standard InChI is InChI=1S/C21H30ClN3O2/c1-3-7-15-18(23)17(22)14-16(19(15)27-4-2)20(26)24-11-10-21-8-5-12-25(21)13-6-9-21/h3,7,14H,4-6,8-13,23H2,1-2H3,(H,24,26). The fraction of sp³-hybridized carbons (Fsp3) is 0.571. The Labute approximate surface area is 166 Å². The number of carbonyl (C=O) groups excluding carboxylic acids is 1. The Morgan fingerprint density at radius 1 is 1.41 bits per heavy atom. The fourth-order valence-corrected chi connectivity index (χ4v) is 4.81. The van der Waals surface area contributed by atoms with Crippen LogP contribution < -0.4 is 15.8 Å². The summed E-state index contributed by atoms with van der Waals surface area (Å²) in [5.74, 6) is 0.335. The van der Waals surface area contributed by atoms with E-state index in [1.807, 2.05) is 26.0 Å². The van der Waals surface area contributed by atoms with Crippen LogP contribution in [0.25, 0.3) is 6.08 Å². The average Bonchev–Trinajstić information content (AvgIpc) is 3.21. The van der Waals surface area contributed by atoms with E-state index < -0.39 is 0 Å². The molecule has 0 spiro atoms.